The summed E-state index contributed by atoms with van der Waals surface area (Å²) >= 11 is 4.41. The van der Waals surface area contributed by atoms with Crippen LogP contribution in [0.15, 0.2) is 42.5 Å². The number of benzene rings is 1. The van der Waals surface area contributed by atoms with Crippen LogP contribution in [0.3, 0.4) is 0 Å². The van der Waals surface area contributed by atoms with Gasteiger partial charge in [-0.25, -0.2) is 0 Å². The lowest BCUT2D eigenvalue weighted by molar-refractivity contribution is -0.143. The molecule has 0 aliphatic rings. The van der Waals surface area contributed by atoms with E-state index in [0.717, 1.165) is 31.3 Å². The van der Waals surface area contributed by atoms with Crippen molar-refractivity contribution >= 4 is 43.2 Å². The van der Waals surface area contributed by atoms with Crippen LogP contribution in [0.2, 0.25) is 0 Å². The van der Waals surface area contributed by atoms with Crippen LogP contribution in [0.5, 0.6) is 0 Å². The fourth-order valence-electron chi connectivity index (χ4n) is 3.16. The van der Waals surface area contributed by atoms with Crippen molar-refractivity contribution < 1.29 is 14.3 Å². The SMILES string of the molecule is CCOC(=O)CCc1ccc(-c2cc[c]([Al])s2)n1-c1ccc(C(N)=O)cc1C. The highest BCUT2D eigenvalue weighted by molar-refractivity contribution is 7.23. The van der Waals surface area contributed by atoms with Crippen LogP contribution in [0, 0.1) is 6.92 Å². The first-order chi connectivity index (χ1) is 13.4. The standard InChI is InChI=1S/C21H21N2O3S.Al/c1-3-26-20(24)11-8-16-7-10-18(19-5-4-12-27-19)23(16)17-9-6-15(21(22)25)13-14(17)2;/h4-7,9-10,13H,3,8,11H2,1-2H3,(H2,22,25);. The predicted molar refractivity (Wildman–Crippen MR) is 113 cm³/mol. The number of nitrogens with two attached hydrogens (primary N) is 1. The second kappa shape index (κ2) is 8.78. The summed E-state index contributed by atoms with van der Waals surface area (Å²) in [6.45, 7) is 4.14. The van der Waals surface area contributed by atoms with Gasteiger partial charge in [-0.05, 0) is 62.2 Å². The zero-order valence-electron chi connectivity index (χ0n) is 15.9. The van der Waals surface area contributed by atoms with E-state index in [9.17, 15) is 9.59 Å². The molecule has 3 rings (SSSR count). The quantitative estimate of drug-likeness (QED) is 0.483. The molecule has 2 N–H and O–H groups in total. The molecule has 0 spiro atoms. The Labute approximate surface area is 176 Å². The van der Waals surface area contributed by atoms with Gasteiger partial charge in [0.2, 0.25) is 5.91 Å². The van der Waals surface area contributed by atoms with E-state index >= 15 is 0 Å². The summed E-state index contributed by atoms with van der Waals surface area (Å²) < 4.78 is 8.37. The maximum absolute atomic E-state index is 11.8. The number of esters is 1. The number of hydrogen-bond donors (Lipinski definition) is 1. The maximum Gasteiger partial charge on any atom is 0.306 e. The number of hydrogen-bond acceptors (Lipinski definition) is 4. The van der Waals surface area contributed by atoms with Gasteiger partial charge in [0.25, 0.3) is 0 Å². The minimum atomic E-state index is -0.448. The molecule has 0 aliphatic carbocycles. The second-order valence-corrected chi connectivity index (χ2v) is 8.57. The van der Waals surface area contributed by atoms with Crippen LogP contribution >= 0.6 is 11.3 Å². The molecule has 28 heavy (non-hydrogen) atoms. The van der Waals surface area contributed by atoms with Gasteiger partial charge in [-0.3, -0.25) is 9.59 Å². The molecular weight excluding hydrogens is 387 g/mol. The fraction of sp³-hybridized carbons (Fsp3) is 0.238. The number of primary amides is 1. The summed E-state index contributed by atoms with van der Waals surface area (Å²) in [7, 11) is 0. The molecule has 2 radical (unpaired) electrons. The van der Waals surface area contributed by atoms with E-state index in [1.165, 1.54) is 0 Å². The largest absolute Gasteiger partial charge is 0.466 e. The van der Waals surface area contributed by atoms with Crippen LogP contribution in [0.1, 0.15) is 35.0 Å². The molecule has 0 fully saturated rings. The number of carbonyl (C=O) groups is 2. The lowest BCUT2D eigenvalue weighted by Crippen LogP contribution is -2.12. The highest BCUT2D eigenvalue weighted by Crippen LogP contribution is 2.31. The summed E-state index contributed by atoms with van der Waals surface area (Å²) in [5.74, 6) is -0.656. The molecule has 0 unspecified atom stereocenters. The Kier molecular flexibility index (Phi) is 6.40. The number of ether oxygens (including phenoxy) is 1. The lowest BCUT2D eigenvalue weighted by Gasteiger charge is -2.16. The Morgan fingerprint density at radius 3 is 2.57 bits per heavy atom. The third-order valence-corrected chi connectivity index (χ3v) is 5.94. The Bertz CT molecular complexity index is 1020. The number of rotatable bonds is 7. The molecule has 1 aromatic carbocycles. The number of carbonyl (C=O) groups excluding carboxylic acids is 2. The third kappa shape index (κ3) is 4.39. The van der Waals surface area contributed by atoms with E-state index in [0.29, 0.717) is 25.0 Å². The Hall–Kier alpha value is -2.33. The maximum atomic E-state index is 11.8. The minimum Gasteiger partial charge on any atom is -0.466 e. The molecule has 5 nitrogen and oxygen atoms in total. The van der Waals surface area contributed by atoms with Gasteiger partial charge < -0.3 is 15.0 Å². The number of aromatic nitrogens is 1. The normalized spacial score (nSPS) is 10.8. The van der Waals surface area contributed by atoms with Crippen molar-refractivity contribution in [3.05, 3.63) is 59.3 Å². The molecule has 0 saturated carbocycles. The van der Waals surface area contributed by atoms with Crippen LogP contribution < -0.4 is 9.47 Å². The molecule has 0 bridgehead atoms. The van der Waals surface area contributed by atoms with E-state index in [1.54, 1.807) is 30.4 Å². The summed E-state index contributed by atoms with van der Waals surface area (Å²) in [5.41, 5.74) is 9.85. The van der Waals surface area contributed by atoms with Crippen molar-refractivity contribution in [3.63, 3.8) is 0 Å². The van der Waals surface area contributed by atoms with Gasteiger partial charge >= 0.3 is 5.97 Å². The molecule has 3 aromatic rings. The lowest BCUT2D eigenvalue weighted by atomic mass is 10.1. The Morgan fingerprint density at radius 1 is 1.18 bits per heavy atom. The number of aryl methyl sites for hydroxylation is 2. The number of amides is 1. The van der Waals surface area contributed by atoms with E-state index in [2.05, 4.69) is 39.1 Å². The van der Waals surface area contributed by atoms with Crippen molar-refractivity contribution in [1.82, 2.24) is 4.57 Å². The topological polar surface area (TPSA) is 74.3 Å². The van der Waals surface area contributed by atoms with Crippen molar-refractivity contribution in [2.75, 3.05) is 6.61 Å². The zero-order chi connectivity index (χ0) is 20.3. The third-order valence-electron chi connectivity index (χ3n) is 4.45. The smallest absolute Gasteiger partial charge is 0.306 e. The zero-order valence-corrected chi connectivity index (χ0v) is 17.9. The van der Waals surface area contributed by atoms with Gasteiger partial charge in [0.05, 0.1) is 18.7 Å². The predicted octanol–water partition coefficient (Wildman–Crippen LogP) is 2.90. The van der Waals surface area contributed by atoms with Crippen LogP contribution in [0.25, 0.3) is 16.3 Å². The molecule has 0 saturated heterocycles. The van der Waals surface area contributed by atoms with Crippen molar-refractivity contribution in [1.29, 1.82) is 0 Å². The van der Waals surface area contributed by atoms with Gasteiger partial charge in [-0.2, -0.15) is 11.3 Å². The van der Waals surface area contributed by atoms with Gasteiger partial charge in [-0.1, -0.05) is 9.81 Å². The minimum absolute atomic E-state index is 0.207. The molecule has 1 amide bonds. The van der Waals surface area contributed by atoms with Gasteiger partial charge in [0, 0.05) is 21.8 Å². The van der Waals surface area contributed by atoms with Crippen LogP contribution in [-0.4, -0.2) is 39.3 Å². The first kappa shape index (κ1) is 20.4. The molecule has 0 atom stereocenters. The van der Waals surface area contributed by atoms with Crippen LogP contribution in [0.4, 0.5) is 0 Å². The summed E-state index contributed by atoms with van der Waals surface area (Å²) in [5, 5.41) is 0. The monoisotopic (exact) mass is 408 g/mol. The van der Waals surface area contributed by atoms with Gasteiger partial charge in [0.1, 0.15) is 0 Å². The molecule has 142 valence electrons. The summed E-state index contributed by atoms with van der Waals surface area (Å²) in [6, 6.07) is 13.7. The van der Waals surface area contributed by atoms with E-state index in [4.69, 9.17) is 10.5 Å². The average molecular weight is 408 g/mol. The molecular formula is C21H21AlN2O3S. The molecule has 2 heterocycles. The van der Waals surface area contributed by atoms with E-state index < -0.39 is 5.91 Å². The van der Waals surface area contributed by atoms with Crippen LogP contribution in [-0.2, 0) is 16.0 Å². The highest BCUT2D eigenvalue weighted by Gasteiger charge is 2.16. The summed E-state index contributed by atoms with van der Waals surface area (Å²) in [4.78, 5) is 24.5. The molecule has 7 heteroatoms. The fourth-order valence-corrected chi connectivity index (χ4v) is 4.43. The van der Waals surface area contributed by atoms with Crippen molar-refractivity contribution in [2.45, 2.75) is 26.7 Å². The Morgan fingerprint density at radius 2 is 1.96 bits per heavy atom. The van der Waals surface area contributed by atoms with Gasteiger partial charge in [0.15, 0.2) is 16.3 Å². The first-order valence-electron chi connectivity index (χ1n) is 9.03. The average Bonchev–Trinajstić information content (AvgIpc) is 3.26. The van der Waals surface area contributed by atoms with E-state index in [-0.39, 0.29) is 5.97 Å². The van der Waals surface area contributed by atoms with E-state index in [1.807, 2.05) is 19.1 Å². The number of thiophene rings is 1. The van der Waals surface area contributed by atoms with Crippen molar-refractivity contribution in [3.8, 4) is 16.3 Å². The Balaban J connectivity index is 2.06. The first-order valence-corrected chi connectivity index (χ1v) is 10.4. The second-order valence-electron chi connectivity index (χ2n) is 6.42. The highest BCUT2D eigenvalue weighted by atomic mass is 32.1. The van der Waals surface area contributed by atoms with Gasteiger partial charge in [-0.15, -0.1) is 0 Å². The van der Waals surface area contributed by atoms with Crippen molar-refractivity contribution in [2.24, 2.45) is 5.73 Å². The molecule has 0 aliphatic heterocycles. The number of nitrogens with zero attached hydrogens (tertiary/aromatic N) is 1. The molecule has 2 aromatic heterocycles. The summed E-state index contributed by atoms with van der Waals surface area (Å²) in [6.07, 6.45) is 0.879.